The number of carbonyl (C=O) groups excluding carboxylic acids is 2. The zero-order valence-corrected chi connectivity index (χ0v) is 19.9. The van der Waals surface area contributed by atoms with Gasteiger partial charge in [-0.1, -0.05) is 18.2 Å². The van der Waals surface area contributed by atoms with E-state index in [1.54, 1.807) is 30.3 Å². The summed E-state index contributed by atoms with van der Waals surface area (Å²) >= 11 is 0. The van der Waals surface area contributed by atoms with Gasteiger partial charge in [0, 0.05) is 24.2 Å². The second kappa shape index (κ2) is 11.4. The summed E-state index contributed by atoms with van der Waals surface area (Å²) in [6, 6.07) is 12.6. The van der Waals surface area contributed by atoms with Crippen LogP contribution < -0.4 is 10.1 Å². The summed E-state index contributed by atoms with van der Waals surface area (Å²) in [5.41, 5.74) is 2.67. The third-order valence-corrected chi connectivity index (χ3v) is 6.09. The lowest BCUT2D eigenvalue weighted by Gasteiger charge is -2.32. The fraction of sp³-hybridized carbons (Fsp3) is 0.385. The molecule has 0 spiro atoms. The van der Waals surface area contributed by atoms with Gasteiger partial charge < -0.3 is 14.4 Å². The van der Waals surface area contributed by atoms with Crippen LogP contribution in [0.5, 0.6) is 5.75 Å². The van der Waals surface area contributed by atoms with Crippen LogP contribution in [0.4, 0.5) is 4.79 Å². The van der Waals surface area contributed by atoms with Crippen LogP contribution in [0, 0.1) is 16.7 Å². The fourth-order valence-electron chi connectivity index (χ4n) is 4.03. The van der Waals surface area contributed by atoms with Crippen LogP contribution in [0.2, 0.25) is 0 Å². The van der Waals surface area contributed by atoms with Crippen molar-refractivity contribution in [1.82, 2.24) is 10.2 Å². The first-order valence-corrected chi connectivity index (χ1v) is 11.4. The number of ether oxygens (including phenoxy) is 2. The van der Waals surface area contributed by atoms with Crippen LogP contribution >= 0.6 is 0 Å². The first-order valence-electron chi connectivity index (χ1n) is 11.4. The Hall–Kier alpha value is -3.68. The van der Waals surface area contributed by atoms with Crippen LogP contribution in [0.3, 0.4) is 0 Å². The number of Topliss-reactive ketones (excluding diaryl/α,β-unsaturated/α-hetero) is 1. The van der Waals surface area contributed by atoms with Gasteiger partial charge in [-0.3, -0.25) is 20.9 Å². The zero-order chi connectivity index (χ0) is 24.7. The Morgan fingerprint density at radius 1 is 1.03 bits per heavy atom. The van der Waals surface area contributed by atoms with Crippen LogP contribution in [-0.2, 0) is 4.74 Å². The molecule has 8 heteroatoms. The van der Waals surface area contributed by atoms with Gasteiger partial charge >= 0.3 is 6.09 Å². The highest BCUT2D eigenvalue weighted by molar-refractivity contribution is 6.05. The van der Waals surface area contributed by atoms with E-state index in [9.17, 15) is 9.59 Å². The van der Waals surface area contributed by atoms with Crippen molar-refractivity contribution in [3.63, 3.8) is 0 Å². The molecule has 1 aliphatic rings. The Morgan fingerprint density at radius 2 is 1.74 bits per heavy atom. The molecule has 1 heterocycles. The molecule has 2 aromatic carbocycles. The van der Waals surface area contributed by atoms with Crippen LogP contribution in [0.15, 0.2) is 42.5 Å². The predicted molar refractivity (Wildman–Crippen MR) is 132 cm³/mol. The minimum atomic E-state index is -0.705. The molecule has 1 saturated heterocycles. The summed E-state index contributed by atoms with van der Waals surface area (Å²) in [4.78, 5) is 25.7. The van der Waals surface area contributed by atoms with Crippen LogP contribution in [0.25, 0.3) is 11.1 Å². The lowest BCUT2D eigenvalue weighted by Crippen LogP contribution is -2.36. The maximum atomic E-state index is 12.1. The molecule has 2 aromatic rings. The largest absolute Gasteiger partial charge is 0.494 e. The van der Waals surface area contributed by atoms with Crippen molar-refractivity contribution in [1.29, 1.82) is 10.8 Å². The molecule has 8 nitrogen and oxygen atoms in total. The minimum Gasteiger partial charge on any atom is -0.494 e. The van der Waals surface area contributed by atoms with Crippen molar-refractivity contribution in [2.45, 2.75) is 33.1 Å². The van der Waals surface area contributed by atoms with Gasteiger partial charge in [-0.15, -0.1) is 0 Å². The first-order chi connectivity index (χ1) is 16.3. The van der Waals surface area contributed by atoms with E-state index in [1.165, 1.54) is 14.0 Å². The third-order valence-electron chi connectivity index (χ3n) is 6.09. The second-order valence-electron chi connectivity index (χ2n) is 8.53. The van der Waals surface area contributed by atoms with Gasteiger partial charge in [0.1, 0.15) is 11.6 Å². The molecule has 0 radical (unpaired) electrons. The molecule has 1 amide bonds. The number of benzene rings is 2. The molecule has 1 fully saturated rings. The van der Waals surface area contributed by atoms with Crippen molar-refractivity contribution in [3.8, 4) is 16.9 Å². The quantitative estimate of drug-likeness (QED) is 0.312. The molecule has 3 rings (SSSR count). The Morgan fingerprint density at radius 3 is 2.38 bits per heavy atom. The van der Waals surface area contributed by atoms with E-state index in [2.05, 4.69) is 15.0 Å². The number of likely N-dealkylation sites (tertiary alicyclic amines) is 1. The number of amidine groups is 2. The third kappa shape index (κ3) is 6.66. The molecular formula is C26H32N4O4. The minimum absolute atomic E-state index is 0.0580. The lowest BCUT2D eigenvalue weighted by molar-refractivity contribution is 0.101. The van der Waals surface area contributed by atoms with E-state index in [4.69, 9.17) is 15.6 Å². The number of methoxy groups -OCH3 is 1. The number of nitrogens with one attached hydrogen (secondary N) is 3. The van der Waals surface area contributed by atoms with E-state index in [0.29, 0.717) is 35.2 Å². The number of carbonyl (C=O) groups is 2. The highest BCUT2D eigenvalue weighted by Crippen LogP contribution is 2.28. The molecule has 0 aromatic heterocycles. The van der Waals surface area contributed by atoms with E-state index in [0.717, 1.165) is 43.5 Å². The molecule has 0 aliphatic carbocycles. The summed E-state index contributed by atoms with van der Waals surface area (Å²) in [7, 11) is 1.24. The second-order valence-corrected chi connectivity index (χ2v) is 8.53. The average molecular weight is 465 g/mol. The Balaban J connectivity index is 1.71. The highest BCUT2D eigenvalue weighted by Gasteiger charge is 2.19. The van der Waals surface area contributed by atoms with E-state index >= 15 is 0 Å². The molecule has 3 N–H and O–H groups in total. The van der Waals surface area contributed by atoms with Crippen molar-refractivity contribution >= 4 is 23.5 Å². The van der Waals surface area contributed by atoms with Gasteiger partial charge in [0.2, 0.25) is 0 Å². The summed E-state index contributed by atoms with van der Waals surface area (Å²) in [6.45, 7) is 5.74. The number of rotatable bonds is 7. The molecule has 0 atom stereocenters. The van der Waals surface area contributed by atoms with Crippen LogP contribution in [0.1, 0.15) is 49.0 Å². The molecule has 180 valence electrons. The zero-order valence-electron chi connectivity index (χ0n) is 19.9. The van der Waals surface area contributed by atoms with E-state index in [1.807, 2.05) is 19.1 Å². The average Bonchev–Trinajstić information content (AvgIpc) is 2.84. The molecule has 0 saturated carbocycles. The molecular weight excluding hydrogens is 432 g/mol. The Labute approximate surface area is 200 Å². The van der Waals surface area contributed by atoms with Gasteiger partial charge in [-0.2, -0.15) is 0 Å². The van der Waals surface area contributed by atoms with Gasteiger partial charge in [0.15, 0.2) is 5.78 Å². The molecule has 0 bridgehead atoms. The maximum absolute atomic E-state index is 12.1. The number of ketones is 1. The van der Waals surface area contributed by atoms with Crippen molar-refractivity contribution in [3.05, 3.63) is 53.6 Å². The summed E-state index contributed by atoms with van der Waals surface area (Å²) in [6.07, 6.45) is 2.33. The van der Waals surface area contributed by atoms with Gasteiger partial charge in [0.05, 0.1) is 19.6 Å². The predicted octanol–water partition coefficient (Wildman–Crippen LogP) is 4.72. The SMILES string of the molecule is COC(=O)NC(=N)c1cccc(-c2cc(OCCC3CCN(C(C)=N)CC3)cc(C(C)=O)c2)c1. The number of hydrogen-bond donors (Lipinski definition) is 3. The lowest BCUT2D eigenvalue weighted by atomic mass is 9.94. The number of piperidine rings is 1. The number of hydrogen-bond acceptors (Lipinski definition) is 6. The molecule has 0 unspecified atom stereocenters. The standard InChI is InChI=1S/C26H32N4O4/c1-17(31)22-14-23(20-5-4-6-21(13-20)25(28)29-26(32)33-3)16-24(15-22)34-12-9-19-7-10-30(11-8-19)18(2)27/h4-6,13-16,19,27H,7-12H2,1-3H3,(H2,28,29,32). The van der Waals surface area contributed by atoms with Gasteiger partial charge in [0.25, 0.3) is 0 Å². The summed E-state index contributed by atoms with van der Waals surface area (Å²) < 4.78 is 10.6. The van der Waals surface area contributed by atoms with Crippen molar-refractivity contribution < 1.29 is 19.1 Å². The number of amides is 1. The highest BCUT2D eigenvalue weighted by atomic mass is 16.5. The first kappa shape index (κ1) is 25.0. The Kier molecular flexibility index (Phi) is 8.40. The monoisotopic (exact) mass is 464 g/mol. The molecule has 34 heavy (non-hydrogen) atoms. The van der Waals surface area contributed by atoms with E-state index in [-0.39, 0.29) is 11.6 Å². The summed E-state index contributed by atoms with van der Waals surface area (Å²) in [5.74, 6) is 1.69. The van der Waals surface area contributed by atoms with Crippen LogP contribution in [-0.4, -0.2) is 55.3 Å². The smallest absolute Gasteiger partial charge is 0.412 e. The van der Waals surface area contributed by atoms with Gasteiger partial charge in [-0.05, 0) is 74.4 Å². The van der Waals surface area contributed by atoms with Crippen molar-refractivity contribution in [2.24, 2.45) is 5.92 Å². The van der Waals surface area contributed by atoms with Crippen molar-refractivity contribution in [2.75, 3.05) is 26.8 Å². The normalized spacial score (nSPS) is 13.8. The topological polar surface area (TPSA) is 116 Å². The number of alkyl carbamates (subject to hydrolysis) is 1. The maximum Gasteiger partial charge on any atom is 0.412 e. The fourth-order valence-corrected chi connectivity index (χ4v) is 4.03. The van der Waals surface area contributed by atoms with Gasteiger partial charge in [-0.25, -0.2) is 4.79 Å². The Bertz CT molecular complexity index is 1070. The molecule has 1 aliphatic heterocycles. The number of nitrogens with zero attached hydrogens (tertiary/aromatic N) is 1. The summed E-state index contributed by atoms with van der Waals surface area (Å²) in [5, 5.41) is 18.2. The van der Waals surface area contributed by atoms with E-state index < -0.39 is 6.09 Å².